The molecule has 0 bridgehead atoms. The average Bonchev–Trinajstić information content (AvgIpc) is 2.69. The highest BCUT2D eigenvalue weighted by Gasteiger charge is 2.48. The number of aromatic nitrogens is 1. The molecule has 1 aliphatic heterocycles. The third kappa shape index (κ3) is 3.14. The number of hydrogen-bond acceptors (Lipinski definition) is 5. The fourth-order valence-electron chi connectivity index (χ4n) is 3.95. The Labute approximate surface area is 157 Å². The number of anilines is 1. The number of carbonyl (C=O) groups is 2. The number of benzene rings is 1. The standard InChI is InChI=1S/C20H21N3O4/c1-12(24)23-15-7-2-3-8-16(15)27-17-10-9-13(19(25)18(17)23)22-20(26)14-6-4-5-11-21-14/h2-8,11,13,17-19,25H,9-10H2,1H3,(H,22,26)/t13-,17-,18-,19-/m1/s1. The van der Waals surface area contributed by atoms with Gasteiger partial charge in [0.05, 0.1) is 17.8 Å². The number of pyridine rings is 1. The number of nitrogens with one attached hydrogen (secondary N) is 1. The lowest BCUT2D eigenvalue weighted by Crippen LogP contribution is -2.65. The minimum Gasteiger partial charge on any atom is -0.486 e. The van der Waals surface area contributed by atoms with E-state index < -0.39 is 18.2 Å². The molecule has 0 radical (unpaired) electrons. The average molecular weight is 367 g/mol. The van der Waals surface area contributed by atoms with Crippen LogP contribution in [-0.2, 0) is 4.79 Å². The quantitative estimate of drug-likeness (QED) is 0.840. The van der Waals surface area contributed by atoms with Gasteiger partial charge in [-0.05, 0) is 37.1 Å². The summed E-state index contributed by atoms with van der Waals surface area (Å²) < 4.78 is 6.05. The van der Waals surface area contributed by atoms with Gasteiger partial charge in [-0.15, -0.1) is 0 Å². The zero-order valence-electron chi connectivity index (χ0n) is 14.9. The van der Waals surface area contributed by atoms with Crippen molar-refractivity contribution in [2.24, 2.45) is 0 Å². The van der Waals surface area contributed by atoms with Gasteiger partial charge in [-0.2, -0.15) is 0 Å². The second kappa shape index (κ2) is 7.00. The zero-order chi connectivity index (χ0) is 19.0. The molecule has 0 unspecified atom stereocenters. The number of amides is 2. The Kier molecular flexibility index (Phi) is 4.53. The van der Waals surface area contributed by atoms with E-state index in [9.17, 15) is 14.7 Å². The Bertz CT molecular complexity index is 857. The van der Waals surface area contributed by atoms with E-state index in [1.807, 2.05) is 18.2 Å². The highest BCUT2D eigenvalue weighted by atomic mass is 16.5. The normalized spacial score (nSPS) is 26.4. The van der Waals surface area contributed by atoms with E-state index in [0.29, 0.717) is 30.0 Å². The van der Waals surface area contributed by atoms with Crippen LogP contribution in [0.4, 0.5) is 5.69 Å². The lowest BCUT2D eigenvalue weighted by atomic mass is 9.83. The van der Waals surface area contributed by atoms with Gasteiger partial charge in [0.25, 0.3) is 5.91 Å². The third-order valence-electron chi connectivity index (χ3n) is 5.16. The molecule has 1 aromatic carbocycles. The molecule has 4 rings (SSSR count). The monoisotopic (exact) mass is 367 g/mol. The molecule has 7 nitrogen and oxygen atoms in total. The molecule has 4 atom stereocenters. The molecule has 2 heterocycles. The van der Waals surface area contributed by atoms with Crippen LogP contribution in [-0.4, -0.2) is 46.2 Å². The third-order valence-corrected chi connectivity index (χ3v) is 5.16. The van der Waals surface area contributed by atoms with Gasteiger partial charge in [-0.25, -0.2) is 0 Å². The molecule has 2 aromatic rings. The van der Waals surface area contributed by atoms with Crippen molar-refractivity contribution in [3.05, 3.63) is 54.4 Å². The van der Waals surface area contributed by atoms with Crippen molar-refractivity contribution in [2.45, 2.75) is 44.1 Å². The SMILES string of the molecule is CC(=O)N1c2ccccc2O[C@@H]2CC[C@@H](NC(=O)c3ccccn3)[C@@H](O)[C@@H]21. The molecular formula is C20H21N3O4. The summed E-state index contributed by atoms with van der Waals surface area (Å²) in [6, 6.07) is 11.3. The maximum absolute atomic E-state index is 12.4. The van der Waals surface area contributed by atoms with Gasteiger partial charge >= 0.3 is 0 Å². The van der Waals surface area contributed by atoms with Crippen molar-refractivity contribution in [1.82, 2.24) is 10.3 Å². The van der Waals surface area contributed by atoms with E-state index in [1.54, 1.807) is 35.4 Å². The Hall–Kier alpha value is -2.93. The van der Waals surface area contributed by atoms with Crippen LogP contribution in [0.15, 0.2) is 48.7 Å². The molecule has 0 spiro atoms. The zero-order valence-corrected chi connectivity index (χ0v) is 14.9. The number of hydrogen-bond donors (Lipinski definition) is 2. The highest BCUT2D eigenvalue weighted by molar-refractivity contribution is 5.95. The molecular weight excluding hydrogens is 346 g/mol. The van der Waals surface area contributed by atoms with Crippen LogP contribution in [0, 0.1) is 0 Å². The number of nitrogens with zero attached hydrogens (tertiary/aromatic N) is 2. The maximum atomic E-state index is 12.4. The number of para-hydroxylation sites is 2. The van der Waals surface area contributed by atoms with Gasteiger partial charge in [0.15, 0.2) is 0 Å². The minimum absolute atomic E-state index is 0.170. The molecule has 1 aromatic heterocycles. The van der Waals surface area contributed by atoms with Crippen LogP contribution in [0.5, 0.6) is 5.75 Å². The highest BCUT2D eigenvalue weighted by Crippen LogP contribution is 2.41. The second-order valence-corrected chi connectivity index (χ2v) is 6.87. The van der Waals surface area contributed by atoms with Crippen molar-refractivity contribution >= 4 is 17.5 Å². The number of carbonyl (C=O) groups excluding carboxylic acids is 2. The molecule has 0 saturated heterocycles. The summed E-state index contributed by atoms with van der Waals surface area (Å²) in [5.74, 6) is 0.123. The lowest BCUT2D eigenvalue weighted by Gasteiger charge is -2.48. The Morgan fingerprint density at radius 1 is 1.19 bits per heavy atom. The summed E-state index contributed by atoms with van der Waals surface area (Å²) >= 11 is 0. The van der Waals surface area contributed by atoms with Gasteiger partial charge in [0.1, 0.15) is 23.6 Å². The van der Waals surface area contributed by atoms with Crippen LogP contribution in [0.25, 0.3) is 0 Å². The van der Waals surface area contributed by atoms with E-state index in [2.05, 4.69) is 10.3 Å². The topological polar surface area (TPSA) is 91.8 Å². The van der Waals surface area contributed by atoms with Crippen LogP contribution >= 0.6 is 0 Å². The number of rotatable bonds is 2. The first kappa shape index (κ1) is 17.5. The van der Waals surface area contributed by atoms with E-state index in [-0.39, 0.29) is 17.9 Å². The molecule has 7 heteroatoms. The van der Waals surface area contributed by atoms with E-state index in [1.165, 1.54) is 6.92 Å². The van der Waals surface area contributed by atoms with Crippen molar-refractivity contribution in [1.29, 1.82) is 0 Å². The first-order valence-electron chi connectivity index (χ1n) is 9.01. The molecule has 1 fully saturated rings. The fourth-order valence-corrected chi connectivity index (χ4v) is 3.95. The van der Waals surface area contributed by atoms with Crippen molar-refractivity contribution < 1.29 is 19.4 Å². The van der Waals surface area contributed by atoms with Gasteiger partial charge in [0, 0.05) is 13.1 Å². The van der Waals surface area contributed by atoms with Crippen LogP contribution in [0.1, 0.15) is 30.3 Å². The van der Waals surface area contributed by atoms with E-state index >= 15 is 0 Å². The summed E-state index contributed by atoms with van der Waals surface area (Å²) in [7, 11) is 0. The van der Waals surface area contributed by atoms with E-state index in [0.717, 1.165) is 0 Å². The smallest absolute Gasteiger partial charge is 0.270 e. The number of aliphatic hydroxyl groups is 1. The molecule has 2 aliphatic rings. The Morgan fingerprint density at radius 3 is 2.70 bits per heavy atom. The molecule has 2 amide bonds. The molecule has 2 N–H and O–H groups in total. The Morgan fingerprint density at radius 2 is 1.96 bits per heavy atom. The van der Waals surface area contributed by atoms with Crippen LogP contribution in [0.2, 0.25) is 0 Å². The molecule has 140 valence electrons. The van der Waals surface area contributed by atoms with Gasteiger partial charge in [0.2, 0.25) is 5.91 Å². The summed E-state index contributed by atoms with van der Waals surface area (Å²) in [4.78, 5) is 30.4. The predicted octanol–water partition coefficient (Wildman–Crippen LogP) is 1.52. The predicted molar refractivity (Wildman–Crippen MR) is 98.5 cm³/mol. The number of ether oxygens (including phenoxy) is 1. The second-order valence-electron chi connectivity index (χ2n) is 6.87. The molecule has 1 aliphatic carbocycles. The first-order valence-corrected chi connectivity index (χ1v) is 9.01. The number of fused-ring (bicyclic) bond motifs is 2. The van der Waals surface area contributed by atoms with Crippen molar-refractivity contribution in [2.75, 3.05) is 4.90 Å². The van der Waals surface area contributed by atoms with Crippen LogP contribution in [0.3, 0.4) is 0 Å². The van der Waals surface area contributed by atoms with E-state index in [4.69, 9.17) is 4.74 Å². The number of aliphatic hydroxyl groups excluding tert-OH is 1. The first-order chi connectivity index (χ1) is 13.1. The summed E-state index contributed by atoms with van der Waals surface area (Å²) in [6.45, 7) is 1.47. The van der Waals surface area contributed by atoms with Crippen molar-refractivity contribution in [3.63, 3.8) is 0 Å². The van der Waals surface area contributed by atoms with Gasteiger partial charge in [-0.3, -0.25) is 19.5 Å². The summed E-state index contributed by atoms with van der Waals surface area (Å²) in [5.41, 5.74) is 0.933. The maximum Gasteiger partial charge on any atom is 0.270 e. The van der Waals surface area contributed by atoms with Gasteiger partial charge < -0.3 is 15.2 Å². The minimum atomic E-state index is -0.950. The molecule has 27 heavy (non-hydrogen) atoms. The summed E-state index contributed by atoms with van der Waals surface area (Å²) in [5, 5.41) is 13.9. The lowest BCUT2D eigenvalue weighted by molar-refractivity contribution is -0.119. The summed E-state index contributed by atoms with van der Waals surface area (Å²) in [6.07, 6.45) is 1.45. The van der Waals surface area contributed by atoms with Crippen LogP contribution < -0.4 is 15.0 Å². The largest absolute Gasteiger partial charge is 0.486 e. The Balaban J connectivity index is 1.59. The van der Waals surface area contributed by atoms with Gasteiger partial charge in [-0.1, -0.05) is 18.2 Å². The van der Waals surface area contributed by atoms with Crippen molar-refractivity contribution in [3.8, 4) is 5.75 Å². The fraction of sp³-hybridized carbons (Fsp3) is 0.350. The molecule has 1 saturated carbocycles.